The van der Waals surface area contributed by atoms with Gasteiger partial charge in [0.2, 0.25) is 0 Å². The molecule has 0 aromatic heterocycles. The number of rotatable bonds is 4. The molecule has 19 heavy (non-hydrogen) atoms. The molecule has 1 unspecified atom stereocenters. The van der Waals surface area contributed by atoms with Crippen molar-refractivity contribution in [3.63, 3.8) is 0 Å². The van der Waals surface area contributed by atoms with E-state index in [9.17, 15) is 9.50 Å². The topological polar surface area (TPSA) is 20.2 Å². The van der Waals surface area contributed by atoms with E-state index in [1.807, 2.05) is 31.2 Å². The predicted octanol–water partition coefficient (Wildman–Crippen LogP) is 3.93. The van der Waals surface area contributed by atoms with Gasteiger partial charge < -0.3 is 5.11 Å². The number of benzene rings is 2. The number of aliphatic hydroxyl groups is 1. The van der Waals surface area contributed by atoms with Crippen LogP contribution < -0.4 is 0 Å². The molecule has 1 nitrogen and oxygen atoms in total. The summed E-state index contributed by atoms with van der Waals surface area (Å²) < 4.78 is 13.1. The Bertz CT molecular complexity index is 568. The van der Waals surface area contributed by atoms with Crippen molar-refractivity contribution >= 4 is 11.6 Å². The number of hydrogen-bond donors (Lipinski definition) is 1. The van der Waals surface area contributed by atoms with Crippen LogP contribution in [0.2, 0.25) is 5.02 Å². The lowest BCUT2D eigenvalue weighted by atomic mass is 9.98. The molecule has 2 aromatic carbocycles. The van der Waals surface area contributed by atoms with Gasteiger partial charge in [0.1, 0.15) is 5.82 Å². The average Bonchev–Trinajstić information content (AvgIpc) is 2.37. The van der Waals surface area contributed by atoms with Crippen molar-refractivity contribution in [1.29, 1.82) is 0 Å². The van der Waals surface area contributed by atoms with E-state index in [-0.39, 0.29) is 5.82 Å². The Hall–Kier alpha value is -1.38. The lowest BCUT2D eigenvalue weighted by Gasteiger charge is -2.13. The van der Waals surface area contributed by atoms with Crippen LogP contribution in [0.15, 0.2) is 42.5 Å². The first-order valence-corrected chi connectivity index (χ1v) is 6.60. The monoisotopic (exact) mass is 278 g/mol. The highest BCUT2D eigenvalue weighted by Gasteiger charge is 2.11. The van der Waals surface area contributed by atoms with Gasteiger partial charge in [0, 0.05) is 11.4 Å². The molecule has 0 fully saturated rings. The molecule has 0 radical (unpaired) electrons. The fourth-order valence-electron chi connectivity index (χ4n) is 2.12. The summed E-state index contributed by atoms with van der Waals surface area (Å²) in [6, 6.07) is 12.1. The van der Waals surface area contributed by atoms with Crippen LogP contribution >= 0.6 is 11.6 Å². The first kappa shape index (κ1) is 14.0. The van der Waals surface area contributed by atoms with Gasteiger partial charge in [-0.1, -0.05) is 35.9 Å². The standard InChI is InChI=1S/C16H16ClFO/c1-11-4-2-3-5-12(11)9-15(19)10-13-8-14(18)6-7-16(13)17/h2-8,15,19H,9-10H2,1H3. The van der Waals surface area contributed by atoms with Gasteiger partial charge in [-0.2, -0.15) is 0 Å². The Morgan fingerprint density at radius 3 is 2.53 bits per heavy atom. The van der Waals surface area contributed by atoms with Gasteiger partial charge in [0.05, 0.1) is 6.10 Å². The predicted molar refractivity (Wildman–Crippen MR) is 76.0 cm³/mol. The molecule has 0 heterocycles. The summed E-state index contributed by atoms with van der Waals surface area (Å²) in [5.41, 5.74) is 2.89. The van der Waals surface area contributed by atoms with Crippen molar-refractivity contribution in [1.82, 2.24) is 0 Å². The van der Waals surface area contributed by atoms with Crippen molar-refractivity contribution < 1.29 is 9.50 Å². The van der Waals surface area contributed by atoms with Crippen molar-refractivity contribution in [3.05, 3.63) is 70.0 Å². The van der Waals surface area contributed by atoms with E-state index in [0.717, 1.165) is 11.1 Å². The maximum atomic E-state index is 13.1. The summed E-state index contributed by atoms with van der Waals surface area (Å²) in [4.78, 5) is 0. The first-order chi connectivity index (χ1) is 9.06. The molecule has 1 N–H and O–H groups in total. The fourth-order valence-corrected chi connectivity index (χ4v) is 2.31. The zero-order valence-electron chi connectivity index (χ0n) is 10.7. The Morgan fingerprint density at radius 1 is 1.11 bits per heavy atom. The third kappa shape index (κ3) is 3.79. The highest BCUT2D eigenvalue weighted by Crippen LogP contribution is 2.20. The lowest BCUT2D eigenvalue weighted by molar-refractivity contribution is 0.175. The van der Waals surface area contributed by atoms with E-state index in [1.54, 1.807) is 0 Å². The van der Waals surface area contributed by atoms with Crippen LogP contribution in [0.25, 0.3) is 0 Å². The summed E-state index contributed by atoms with van der Waals surface area (Å²) in [6.45, 7) is 2.01. The molecule has 1 atom stereocenters. The van der Waals surface area contributed by atoms with Gasteiger partial charge >= 0.3 is 0 Å². The van der Waals surface area contributed by atoms with Crippen LogP contribution in [0, 0.1) is 12.7 Å². The summed E-state index contributed by atoms with van der Waals surface area (Å²) >= 11 is 6.00. The van der Waals surface area contributed by atoms with Crippen molar-refractivity contribution in [2.75, 3.05) is 0 Å². The van der Waals surface area contributed by atoms with E-state index in [2.05, 4.69) is 0 Å². The lowest BCUT2D eigenvalue weighted by Crippen LogP contribution is -2.15. The normalized spacial score (nSPS) is 12.4. The average molecular weight is 279 g/mol. The quantitative estimate of drug-likeness (QED) is 0.898. The Kier molecular flexibility index (Phi) is 4.56. The molecule has 0 aliphatic rings. The summed E-state index contributed by atoms with van der Waals surface area (Å²) in [5, 5.41) is 10.6. The van der Waals surface area contributed by atoms with E-state index in [4.69, 9.17) is 11.6 Å². The van der Waals surface area contributed by atoms with Gasteiger partial charge in [0.25, 0.3) is 0 Å². The number of aryl methyl sites for hydroxylation is 1. The maximum absolute atomic E-state index is 13.1. The summed E-state index contributed by atoms with van der Waals surface area (Å²) in [5.74, 6) is -0.331. The number of hydrogen-bond acceptors (Lipinski definition) is 1. The fraction of sp³-hybridized carbons (Fsp3) is 0.250. The Labute approximate surface area is 117 Å². The van der Waals surface area contributed by atoms with E-state index >= 15 is 0 Å². The highest BCUT2D eigenvalue weighted by atomic mass is 35.5. The van der Waals surface area contributed by atoms with Crippen LogP contribution in [0.1, 0.15) is 16.7 Å². The molecule has 0 bridgehead atoms. The maximum Gasteiger partial charge on any atom is 0.123 e. The van der Waals surface area contributed by atoms with Crippen LogP contribution in [-0.2, 0) is 12.8 Å². The van der Waals surface area contributed by atoms with Gasteiger partial charge in [-0.15, -0.1) is 0 Å². The van der Waals surface area contributed by atoms with Crippen LogP contribution in [-0.4, -0.2) is 11.2 Å². The molecule has 0 saturated carbocycles. The summed E-state index contributed by atoms with van der Waals surface area (Å²) in [6.07, 6.45) is 0.324. The minimum atomic E-state index is -0.569. The van der Waals surface area contributed by atoms with Crippen molar-refractivity contribution in [3.8, 4) is 0 Å². The molecule has 0 aliphatic carbocycles. The van der Waals surface area contributed by atoms with E-state index < -0.39 is 6.10 Å². The second kappa shape index (κ2) is 6.18. The van der Waals surface area contributed by atoms with Gasteiger partial charge in [0.15, 0.2) is 0 Å². The smallest absolute Gasteiger partial charge is 0.123 e. The van der Waals surface area contributed by atoms with E-state index in [0.29, 0.717) is 23.4 Å². The second-order valence-electron chi connectivity index (χ2n) is 4.72. The molecular formula is C16H16ClFO. The SMILES string of the molecule is Cc1ccccc1CC(O)Cc1cc(F)ccc1Cl. The molecule has 0 amide bonds. The second-order valence-corrected chi connectivity index (χ2v) is 5.13. The Morgan fingerprint density at radius 2 is 1.79 bits per heavy atom. The van der Waals surface area contributed by atoms with E-state index in [1.165, 1.54) is 18.2 Å². The van der Waals surface area contributed by atoms with Crippen LogP contribution in [0.5, 0.6) is 0 Å². The van der Waals surface area contributed by atoms with Crippen molar-refractivity contribution in [2.45, 2.75) is 25.9 Å². The van der Waals surface area contributed by atoms with Gasteiger partial charge in [-0.05, 0) is 48.2 Å². The number of aliphatic hydroxyl groups excluding tert-OH is 1. The molecule has 2 rings (SSSR count). The molecule has 2 aromatic rings. The van der Waals surface area contributed by atoms with Crippen molar-refractivity contribution in [2.24, 2.45) is 0 Å². The Balaban J connectivity index is 2.07. The van der Waals surface area contributed by atoms with Gasteiger partial charge in [-0.25, -0.2) is 4.39 Å². The van der Waals surface area contributed by atoms with Crippen LogP contribution in [0.3, 0.4) is 0 Å². The van der Waals surface area contributed by atoms with Gasteiger partial charge in [-0.3, -0.25) is 0 Å². The molecule has 0 aliphatic heterocycles. The minimum absolute atomic E-state index is 0.331. The third-order valence-electron chi connectivity index (χ3n) is 3.18. The highest BCUT2D eigenvalue weighted by molar-refractivity contribution is 6.31. The molecule has 0 spiro atoms. The first-order valence-electron chi connectivity index (χ1n) is 6.23. The molecular weight excluding hydrogens is 263 g/mol. The zero-order valence-corrected chi connectivity index (χ0v) is 11.5. The number of halogens is 2. The largest absolute Gasteiger partial charge is 0.392 e. The zero-order chi connectivity index (χ0) is 13.8. The third-order valence-corrected chi connectivity index (χ3v) is 3.55. The molecule has 100 valence electrons. The molecule has 3 heteroatoms. The summed E-state index contributed by atoms with van der Waals surface area (Å²) in [7, 11) is 0. The van der Waals surface area contributed by atoms with Crippen LogP contribution in [0.4, 0.5) is 4.39 Å². The minimum Gasteiger partial charge on any atom is -0.392 e. The molecule has 0 saturated heterocycles.